The molecule has 1 N–H and O–H groups in total. The minimum absolute atomic E-state index is 0.0984. The first-order valence-corrected chi connectivity index (χ1v) is 8.10. The van der Waals surface area contributed by atoms with E-state index in [0.29, 0.717) is 12.1 Å². The Labute approximate surface area is 135 Å². The second-order valence-corrected chi connectivity index (χ2v) is 6.58. The summed E-state index contributed by atoms with van der Waals surface area (Å²) in [6.07, 6.45) is 0. The number of likely N-dealkylation sites (N-methyl/N-ethyl adjacent to an activating group) is 1. The minimum Gasteiger partial charge on any atom is -0.350 e. The van der Waals surface area contributed by atoms with Crippen LogP contribution in [0.3, 0.4) is 0 Å². The molecule has 6 heteroatoms. The highest BCUT2D eigenvalue weighted by Crippen LogP contribution is 2.23. The number of hydrogen-bond donors (Lipinski definition) is 1. The molecule has 1 heterocycles. The van der Waals surface area contributed by atoms with Gasteiger partial charge in [-0.1, -0.05) is 12.1 Å². The van der Waals surface area contributed by atoms with E-state index in [1.807, 2.05) is 36.5 Å². The van der Waals surface area contributed by atoms with Crippen LogP contribution in [0.1, 0.15) is 21.3 Å². The van der Waals surface area contributed by atoms with Crippen molar-refractivity contribution < 1.29 is 9.18 Å². The van der Waals surface area contributed by atoms with Gasteiger partial charge in [0.1, 0.15) is 5.82 Å². The van der Waals surface area contributed by atoms with Crippen LogP contribution in [0.4, 0.5) is 4.39 Å². The highest BCUT2D eigenvalue weighted by Gasteiger charge is 2.18. The van der Waals surface area contributed by atoms with Gasteiger partial charge in [-0.2, -0.15) is 0 Å². The largest absolute Gasteiger partial charge is 0.350 e. The maximum atomic E-state index is 13.5. The summed E-state index contributed by atoms with van der Waals surface area (Å²) in [7, 11) is 3.93. The number of rotatable bonds is 5. The van der Waals surface area contributed by atoms with Crippen molar-refractivity contribution in [3.05, 3.63) is 56.4 Å². The van der Waals surface area contributed by atoms with Crippen LogP contribution in [0.25, 0.3) is 0 Å². The summed E-state index contributed by atoms with van der Waals surface area (Å²) in [5.41, 5.74) is 0.304. The molecule has 1 aromatic carbocycles. The summed E-state index contributed by atoms with van der Waals surface area (Å²) >= 11 is 4.76. The van der Waals surface area contributed by atoms with Gasteiger partial charge in [-0.15, -0.1) is 11.3 Å². The lowest BCUT2D eigenvalue weighted by molar-refractivity contribution is 0.0941. The molecule has 21 heavy (non-hydrogen) atoms. The maximum Gasteiger partial charge on any atom is 0.252 e. The summed E-state index contributed by atoms with van der Waals surface area (Å²) in [6.45, 7) is 0.468. The fraction of sp³-hybridized carbons (Fsp3) is 0.267. The number of nitrogens with zero attached hydrogens (tertiary/aromatic N) is 1. The Balaban J connectivity index is 2.07. The van der Waals surface area contributed by atoms with Crippen LogP contribution in [0.5, 0.6) is 0 Å². The number of hydrogen-bond acceptors (Lipinski definition) is 3. The Bertz CT molecular complexity index is 616. The van der Waals surface area contributed by atoms with Gasteiger partial charge in [0.2, 0.25) is 0 Å². The Hall–Kier alpha value is -1.24. The molecule has 0 aliphatic heterocycles. The molecule has 0 aliphatic carbocycles. The third-order valence-corrected chi connectivity index (χ3v) is 4.93. The number of thiophene rings is 1. The van der Waals surface area contributed by atoms with E-state index < -0.39 is 5.82 Å². The molecule has 2 aromatic rings. The number of nitrogens with one attached hydrogen (secondary N) is 1. The smallest absolute Gasteiger partial charge is 0.252 e. The number of amides is 1. The van der Waals surface area contributed by atoms with E-state index in [4.69, 9.17) is 0 Å². The van der Waals surface area contributed by atoms with Crippen molar-refractivity contribution in [1.29, 1.82) is 0 Å². The SMILES string of the molecule is CN(C)C(CNC(=O)c1cccc(F)c1Br)c1cccs1. The third-order valence-electron chi connectivity index (χ3n) is 3.15. The van der Waals surface area contributed by atoms with E-state index >= 15 is 0 Å². The van der Waals surface area contributed by atoms with Gasteiger partial charge < -0.3 is 10.2 Å². The van der Waals surface area contributed by atoms with E-state index in [0.717, 1.165) is 0 Å². The molecule has 1 atom stereocenters. The normalized spacial score (nSPS) is 12.4. The number of halogens is 2. The van der Waals surface area contributed by atoms with Crippen LogP contribution in [0.15, 0.2) is 40.2 Å². The zero-order valence-corrected chi connectivity index (χ0v) is 14.2. The van der Waals surface area contributed by atoms with Crippen LogP contribution in [0.2, 0.25) is 0 Å². The average Bonchev–Trinajstić information content (AvgIpc) is 2.95. The van der Waals surface area contributed by atoms with Crippen LogP contribution in [0, 0.1) is 5.82 Å². The molecule has 3 nitrogen and oxygen atoms in total. The predicted molar refractivity (Wildman–Crippen MR) is 87.2 cm³/mol. The minimum atomic E-state index is -0.440. The second-order valence-electron chi connectivity index (χ2n) is 4.81. The maximum absolute atomic E-state index is 13.5. The van der Waals surface area contributed by atoms with Gasteiger partial charge in [-0.25, -0.2) is 4.39 Å². The van der Waals surface area contributed by atoms with Gasteiger partial charge in [0, 0.05) is 11.4 Å². The first-order chi connectivity index (χ1) is 10.0. The number of carbonyl (C=O) groups excluding carboxylic acids is 1. The molecule has 0 radical (unpaired) electrons. The van der Waals surface area contributed by atoms with E-state index in [-0.39, 0.29) is 16.4 Å². The standard InChI is InChI=1S/C15H16BrFN2OS/c1-19(2)12(13-7-4-8-21-13)9-18-15(20)10-5-3-6-11(17)14(10)16/h3-8,12H,9H2,1-2H3,(H,18,20). The van der Waals surface area contributed by atoms with Crippen molar-refractivity contribution in [1.82, 2.24) is 10.2 Å². The zero-order chi connectivity index (χ0) is 15.4. The van der Waals surface area contributed by atoms with Crippen molar-refractivity contribution >= 4 is 33.2 Å². The Morgan fingerprint density at radius 2 is 2.14 bits per heavy atom. The number of benzene rings is 1. The molecular weight excluding hydrogens is 355 g/mol. The van der Waals surface area contributed by atoms with E-state index in [2.05, 4.69) is 21.2 Å². The van der Waals surface area contributed by atoms with Crippen molar-refractivity contribution in [2.75, 3.05) is 20.6 Å². The van der Waals surface area contributed by atoms with Gasteiger partial charge in [-0.3, -0.25) is 4.79 Å². The first-order valence-electron chi connectivity index (χ1n) is 6.42. The monoisotopic (exact) mass is 370 g/mol. The lowest BCUT2D eigenvalue weighted by atomic mass is 10.2. The Morgan fingerprint density at radius 3 is 2.76 bits per heavy atom. The molecule has 1 aromatic heterocycles. The molecular formula is C15H16BrFN2OS. The van der Waals surface area contributed by atoms with E-state index in [1.54, 1.807) is 17.4 Å². The van der Waals surface area contributed by atoms with E-state index in [1.165, 1.54) is 17.0 Å². The summed E-state index contributed by atoms with van der Waals surface area (Å²) in [5.74, 6) is -0.727. The number of carbonyl (C=O) groups is 1. The van der Waals surface area contributed by atoms with Crippen molar-refractivity contribution in [2.45, 2.75) is 6.04 Å². The van der Waals surface area contributed by atoms with Crippen LogP contribution in [-0.4, -0.2) is 31.4 Å². The van der Waals surface area contributed by atoms with Gasteiger partial charge in [0.05, 0.1) is 16.1 Å². The van der Waals surface area contributed by atoms with Gasteiger partial charge in [-0.05, 0) is 53.6 Å². The second kappa shape index (κ2) is 7.15. The summed E-state index contributed by atoms with van der Waals surface area (Å²) in [4.78, 5) is 15.4. The summed E-state index contributed by atoms with van der Waals surface area (Å²) in [5, 5.41) is 4.88. The quantitative estimate of drug-likeness (QED) is 0.870. The Morgan fingerprint density at radius 1 is 1.38 bits per heavy atom. The molecule has 0 spiro atoms. The molecule has 0 aliphatic rings. The molecule has 0 fully saturated rings. The molecule has 0 saturated heterocycles. The van der Waals surface area contributed by atoms with Gasteiger partial charge in [0.25, 0.3) is 5.91 Å². The fourth-order valence-electron chi connectivity index (χ4n) is 1.98. The molecule has 1 amide bonds. The lowest BCUT2D eigenvalue weighted by Gasteiger charge is -2.23. The summed E-state index contributed by atoms with van der Waals surface area (Å²) in [6, 6.07) is 8.56. The molecule has 2 rings (SSSR count). The van der Waals surface area contributed by atoms with Crippen molar-refractivity contribution in [3.8, 4) is 0 Å². The lowest BCUT2D eigenvalue weighted by Crippen LogP contribution is -2.34. The van der Waals surface area contributed by atoms with Crippen LogP contribution < -0.4 is 5.32 Å². The third kappa shape index (κ3) is 3.90. The average molecular weight is 371 g/mol. The zero-order valence-electron chi connectivity index (χ0n) is 11.8. The fourth-order valence-corrected chi connectivity index (χ4v) is 3.35. The highest BCUT2D eigenvalue weighted by atomic mass is 79.9. The van der Waals surface area contributed by atoms with Gasteiger partial charge >= 0.3 is 0 Å². The van der Waals surface area contributed by atoms with Crippen LogP contribution >= 0.6 is 27.3 Å². The van der Waals surface area contributed by atoms with Crippen molar-refractivity contribution in [3.63, 3.8) is 0 Å². The molecule has 1 unspecified atom stereocenters. The highest BCUT2D eigenvalue weighted by molar-refractivity contribution is 9.10. The first kappa shape index (κ1) is 16.1. The Kier molecular flexibility index (Phi) is 5.50. The summed E-state index contributed by atoms with van der Waals surface area (Å²) < 4.78 is 13.7. The molecule has 0 bridgehead atoms. The van der Waals surface area contributed by atoms with Gasteiger partial charge in [0.15, 0.2) is 0 Å². The molecule has 0 saturated carbocycles. The van der Waals surface area contributed by atoms with Crippen molar-refractivity contribution in [2.24, 2.45) is 0 Å². The van der Waals surface area contributed by atoms with E-state index in [9.17, 15) is 9.18 Å². The van der Waals surface area contributed by atoms with Crippen LogP contribution in [-0.2, 0) is 0 Å². The molecule has 112 valence electrons. The topological polar surface area (TPSA) is 32.3 Å². The predicted octanol–water partition coefficient (Wildman–Crippen LogP) is 3.68.